The van der Waals surface area contributed by atoms with Crippen LogP contribution in [0.25, 0.3) is 5.65 Å². The van der Waals surface area contributed by atoms with E-state index in [9.17, 15) is 18.4 Å². The Hall–Kier alpha value is -3.81. The number of halogens is 2. The third-order valence-electron chi connectivity index (χ3n) is 10.3. The lowest BCUT2D eigenvalue weighted by Crippen LogP contribution is -2.57. The minimum Gasteiger partial charge on any atom is -0.364 e. The molecule has 4 unspecified atom stereocenters. The number of alkyl halides is 2. The molecule has 2 bridgehead atoms. The van der Waals surface area contributed by atoms with Gasteiger partial charge in [0.05, 0.1) is 17.6 Å². The van der Waals surface area contributed by atoms with E-state index < -0.39 is 17.8 Å². The molecular weight excluding hydrogens is 558 g/mol. The molecule has 8 rings (SSSR count). The summed E-state index contributed by atoms with van der Waals surface area (Å²) < 4.78 is 30.8. The second-order valence-corrected chi connectivity index (χ2v) is 12.9. The largest absolute Gasteiger partial charge is 0.364 e. The number of likely N-dealkylation sites (N-methyl/N-ethyl adjacent to an activating group) is 1. The molecule has 3 aliphatic heterocycles. The van der Waals surface area contributed by atoms with Crippen LogP contribution in [0.1, 0.15) is 25.7 Å². The summed E-state index contributed by atoms with van der Waals surface area (Å²) in [6.07, 6.45) is 7.80. The normalized spacial score (nSPS) is 29.7. The number of aromatic nitrogens is 5. The summed E-state index contributed by atoms with van der Waals surface area (Å²) >= 11 is 0. The van der Waals surface area contributed by atoms with Crippen molar-refractivity contribution < 1.29 is 18.4 Å². The van der Waals surface area contributed by atoms with Crippen molar-refractivity contribution in [2.75, 3.05) is 56.5 Å². The Labute approximate surface area is 247 Å². The van der Waals surface area contributed by atoms with E-state index in [-0.39, 0.29) is 36.4 Å². The predicted octanol–water partition coefficient (Wildman–Crippen LogP) is 1.91. The average Bonchev–Trinajstić information content (AvgIpc) is 3.61. The van der Waals surface area contributed by atoms with Gasteiger partial charge in [0.1, 0.15) is 6.54 Å². The Kier molecular flexibility index (Phi) is 6.14. The van der Waals surface area contributed by atoms with E-state index in [0.29, 0.717) is 43.2 Å². The van der Waals surface area contributed by atoms with Crippen molar-refractivity contribution in [3.05, 3.63) is 30.7 Å². The lowest BCUT2D eigenvalue weighted by molar-refractivity contribution is -0.139. The summed E-state index contributed by atoms with van der Waals surface area (Å²) in [5.74, 6) is -3.44. The quantitative estimate of drug-likeness (QED) is 0.462. The first kappa shape index (κ1) is 26.8. The zero-order chi connectivity index (χ0) is 29.5. The Balaban J connectivity index is 0.929. The second-order valence-electron chi connectivity index (χ2n) is 12.9. The number of piperazine rings is 2. The number of pyridine rings is 1. The van der Waals surface area contributed by atoms with Gasteiger partial charge in [-0.1, -0.05) is 0 Å². The van der Waals surface area contributed by atoms with E-state index in [1.165, 1.54) is 0 Å². The van der Waals surface area contributed by atoms with Gasteiger partial charge in [0, 0.05) is 81.5 Å². The zero-order valence-electron chi connectivity index (χ0n) is 24.1. The lowest BCUT2D eigenvalue weighted by atomic mass is 9.99. The first-order valence-corrected chi connectivity index (χ1v) is 15.3. The van der Waals surface area contributed by atoms with Gasteiger partial charge in [0.15, 0.2) is 5.65 Å². The van der Waals surface area contributed by atoms with Crippen LogP contribution in [0.5, 0.6) is 0 Å². The second kappa shape index (κ2) is 9.86. The molecule has 5 aliphatic rings. The summed E-state index contributed by atoms with van der Waals surface area (Å²) in [4.78, 5) is 39.3. The van der Waals surface area contributed by atoms with Crippen LogP contribution >= 0.6 is 0 Å². The molecule has 4 atom stereocenters. The highest BCUT2D eigenvalue weighted by Gasteiger charge is 2.72. The molecule has 0 spiro atoms. The number of rotatable bonds is 6. The number of carbonyl (C=O) groups is 2. The number of carbonyl (C=O) groups excluding carboxylic acids is 2. The highest BCUT2D eigenvalue weighted by molar-refractivity contribution is 5.81. The number of hydrogen-bond donors (Lipinski definition) is 1. The number of anilines is 3. The monoisotopic (exact) mass is 594 g/mol. The molecule has 2 saturated carbocycles. The number of nitrogens with one attached hydrogen (secondary N) is 1. The summed E-state index contributed by atoms with van der Waals surface area (Å²) in [5, 5.41) is 12.2. The van der Waals surface area contributed by atoms with Gasteiger partial charge in [-0.15, -0.1) is 5.10 Å². The first-order valence-electron chi connectivity index (χ1n) is 15.3. The van der Waals surface area contributed by atoms with E-state index in [1.807, 2.05) is 28.1 Å². The smallest absolute Gasteiger partial charge is 0.254 e. The zero-order valence-corrected chi connectivity index (χ0v) is 24.1. The van der Waals surface area contributed by atoms with Gasteiger partial charge in [0.2, 0.25) is 17.8 Å². The molecule has 3 saturated heterocycles. The standard InChI is InChI=1S/C29H36F2N10O2/c1-36-7-9-37(10-8-36)25(42)17-39-14-19(13-32-39)33-28-34-26-24(3-2-6-40(26)35-28)38-15-20-4-5-21(16-38)41(20)27(43)18-11-22-23(12-18)29(22,30)31/h2-3,6,13-14,18,20-23H,4-5,7-12,15-17H2,1H3,(H,33,35). The molecule has 3 aromatic heterocycles. The van der Waals surface area contributed by atoms with Crippen LogP contribution in [0.2, 0.25) is 0 Å². The maximum Gasteiger partial charge on any atom is 0.254 e. The van der Waals surface area contributed by atoms with Gasteiger partial charge in [-0.2, -0.15) is 10.1 Å². The SMILES string of the molecule is CN1CCN(C(=O)Cn2cc(Nc3nc4c(N5CC6CCC(C5)N6C(=O)C5CC6C(C5)C6(F)F)cccn4n3)cn2)CC1. The molecule has 2 amide bonds. The highest BCUT2D eigenvalue weighted by atomic mass is 19.3. The van der Waals surface area contributed by atoms with Crippen LogP contribution in [0, 0.1) is 17.8 Å². The van der Waals surface area contributed by atoms with E-state index in [4.69, 9.17) is 4.98 Å². The fraction of sp³-hybridized carbons (Fsp3) is 0.621. The first-order chi connectivity index (χ1) is 20.7. The predicted molar refractivity (Wildman–Crippen MR) is 153 cm³/mol. The Morgan fingerprint density at radius 1 is 1.07 bits per heavy atom. The van der Waals surface area contributed by atoms with Crippen LogP contribution in [0.3, 0.4) is 0 Å². The molecule has 5 fully saturated rings. The fourth-order valence-electron chi connectivity index (χ4n) is 7.81. The van der Waals surface area contributed by atoms with Crippen LogP contribution in [0.15, 0.2) is 30.7 Å². The molecule has 3 aromatic rings. The van der Waals surface area contributed by atoms with Crippen molar-refractivity contribution in [2.45, 2.75) is 50.2 Å². The van der Waals surface area contributed by atoms with E-state index >= 15 is 0 Å². The van der Waals surface area contributed by atoms with Gasteiger partial charge >= 0.3 is 0 Å². The summed E-state index contributed by atoms with van der Waals surface area (Å²) in [6.45, 7) is 4.75. The molecule has 43 heavy (non-hydrogen) atoms. The lowest BCUT2D eigenvalue weighted by Gasteiger charge is -2.43. The molecule has 14 heteroatoms. The number of fused-ring (bicyclic) bond motifs is 4. The Morgan fingerprint density at radius 3 is 2.51 bits per heavy atom. The minimum absolute atomic E-state index is 0.0513. The van der Waals surface area contributed by atoms with Crippen LogP contribution in [-0.2, 0) is 16.1 Å². The summed E-state index contributed by atoms with van der Waals surface area (Å²) in [6, 6.07) is 4.11. The molecule has 12 nitrogen and oxygen atoms in total. The summed E-state index contributed by atoms with van der Waals surface area (Å²) in [7, 11) is 2.06. The Morgan fingerprint density at radius 2 is 1.79 bits per heavy atom. The number of hydrogen-bond acceptors (Lipinski definition) is 8. The van der Waals surface area contributed by atoms with Crippen molar-refractivity contribution in [3.8, 4) is 0 Å². The third kappa shape index (κ3) is 4.61. The maximum absolute atomic E-state index is 13.7. The molecule has 228 valence electrons. The van der Waals surface area contributed by atoms with Crippen molar-refractivity contribution in [3.63, 3.8) is 0 Å². The molecule has 0 radical (unpaired) electrons. The van der Waals surface area contributed by atoms with Crippen LogP contribution in [0.4, 0.5) is 26.1 Å². The van der Waals surface area contributed by atoms with E-state index in [1.54, 1.807) is 21.6 Å². The molecular formula is C29H36F2N10O2. The number of nitrogens with zero attached hydrogens (tertiary/aromatic N) is 9. The highest BCUT2D eigenvalue weighted by Crippen LogP contribution is 2.66. The van der Waals surface area contributed by atoms with Crippen molar-refractivity contribution >= 4 is 34.8 Å². The average molecular weight is 595 g/mol. The third-order valence-corrected chi connectivity index (χ3v) is 10.3. The van der Waals surface area contributed by atoms with Gasteiger partial charge in [-0.3, -0.25) is 14.3 Å². The van der Waals surface area contributed by atoms with Gasteiger partial charge in [-0.25, -0.2) is 13.3 Å². The van der Waals surface area contributed by atoms with Gasteiger partial charge in [0.25, 0.3) is 5.92 Å². The fourth-order valence-corrected chi connectivity index (χ4v) is 7.81. The van der Waals surface area contributed by atoms with E-state index in [2.05, 4.69) is 32.4 Å². The van der Waals surface area contributed by atoms with Crippen molar-refractivity contribution in [1.29, 1.82) is 0 Å². The van der Waals surface area contributed by atoms with Gasteiger partial charge < -0.3 is 24.9 Å². The van der Waals surface area contributed by atoms with Crippen molar-refractivity contribution in [1.82, 2.24) is 39.1 Å². The van der Waals surface area contributed by atoms with Crippen molar-refractivity contribution in [2.24, 2.45) is 17.8 Å². The maximum atomic E-state index is 13.7. The Bertz CT molecular complexity index is 1540. The van der Waals surface area contributed by atoms with Crippen LogP contribution in [-0.4, -0.2) is 115 Å². The molecule has 0 aromatic carbocycles. The molecule has 1 N–H and O–H groups in total. The van der Waals surface area contributed by atoms with E-state index in [0.717, 1.165) is 44.7 Å². The number of amides is 2. The topological polar surface area (TPSA) is 107 Å². The minimum atomic E-state index is -2.55. The van der Waals surface area contributed by atoms with Crippen LogP contribution < -0.4 is 10.2 Å². The molecule has 6 heterocycles. The molecule has 2 aliphatic carbocycles. The summed E-state index contributed by atoms with van der Waals surface area (Å²) in [5.41, 5.74) is 2.35. The van der Waals surface area contributed by atoms with Gasteiger partial charge in [-0.05, 0) is 44.9 Å².